The Morgan fingerprint density at radius 2 is 1.44 bits per heavy atom. The Bertz CT molecular complexity index is 2250. The van der Waals surface area contributed by atoms with Crippen LogP contribution >= 0.6 is 7.60 Å². The van der Waals surface area contributed by atoms with Gasteiger partial charge in [0, 0.05) is 46.0 Å². The lowest BCUT2D eigenvalue weighted by Crippen LogP contribution is -2.60. The lowest BCUT2D eigenvalue weighted by molar-refractivity contribution is -0.148. The number of hydrogen-bond acceptors (Lipinski definition) is 13. The van der Waals surface area contributed by atoms with Crippen LogP contribution in [0.15, 0.2) is 54.6 Å². The molecular formula is C49H74N9O11P. The van der Waals surface area contributed by atoms with Crippen molar-refractivity contribution in [1.29, 1.82) is 0 Å². The van der Waals surface area contributed by atoms with Crippen LogP contribution in [0.2, 0.25) is 0 Å². The number of benzene rings is 2. The molecule has 0 spiro atoms. The van der Waals surface area contributed by atoms with E-state index in [0.717, 1.165) is 0 Å². The molecule has 5 amide bonds. The number of rotatable bonds is 24. The van der Waals surface area contributed by atoms with Crippen molar-refractivity contribution < 1.29 is 52.9 Å². The normalized spacial score (nSPS) is 18.0. The van der Waals surface area contributed by atoms with E-state index in [4.69, 9.17) is 9.47 Å². The molecule has 2 heterocycles. The van der Waals surface area contributed by atoms with Gasteiger partial charge in [-0.05, 0) is 55.2 Å². The number of carbonyl (C=O) groups excluding carboxylic acids is 5. The molecule has 20 nitrogen and oxygen atoms in total. The average molecular weight is 996 g/mol. The molecule has 2 aromatic carbocycles. The number of aromatic nitrogens is 4. The maximum absolute atomic E-state index is 14.7. The maximum Gasteiger partial charge on any atom is 0.333 e. The topological polar surface area (TPSA) is 267 Å². The Balaban J connectivity index is 1.47. The lowest BCUT2D eigenvalue weighted by atomic mass is 9.89. The van der Waals surface area contributed by atoms with Crippen LogP contribution in [0.3, 0.4) is 0 Å². The van der Waals surface area contributed by atoms with E-state index in [9.17, 15) is 43.4 Å². The second-order valence-corrected chi connectivity index (χ2v) is 20.8. The second kappa shape index (κ2) is 25.7. The van der Waals surface area contributed by atoms with Crippen LogP contribution in [-0.2, 0) is 39.4 Å². The summed E-state index contributed by atoms with van der Waals surface area (Å²) in [4.78, 5) is 93.8. The minimum atomic E-state index is -4.41. The van der Waals surface area contributed by atoms with Crippen molar-refractivity contribution >= 4 is 37.1 Å². The van der Waals surface area contributed by atoms with Crippen LogP contribution < -0.4 is 10.6 Å². The van der Waals surface area contributed by atoms with Crippen LogP contribution in [0.4, 0.5) is 0 Å². The lowest BCUT2D eigenvalue weighted by Gasteiger charge is -2.41. The van der Waals surface area contributed by atoms with Gasteiger partial charge in [0.2, 0.25) is 29.5 Å². The number of nitrogens with zero attached hydrogens (tertiary/aromatic N) is 7. The third-order valence-corrected chi connectivity index (χ3v) is 14.1. The van der Waals surface area contributed by atoms with Gasteiger partial charge in [-0.15, -0.1) is 20.4 Å². The predicted octanol–water partition coefficient (Wildman–Crippen LogP) is 4.01. The number of methoxy groups -OCH3 is 2. The molecule has 70 heavy (non-hydrogen) atoms. The monoisotopic (exact) mass is 996 g/mol. The zero-order chi connectivity index (χ0) is 52.2. The Kier molecular flexibility index (Phi) is 21.1. The fourth-order valence-electron chi connectivity index (χ4n) is 9.28. The van der Waals surface area contributed by atoms with Crippen LogP contribution in [0, 0.1) is 23.7 Å². The van der Waals surface area contributed by atoms with Crippen LogP contribution in [-0.4, -0.2) is 157 Å². The number of aliphatic hydroxyl groups is 1. The van der Waals surface area contributed by atoms with Gasteiger partial charge in [0.1, 0.15) is 18.2 Å². The number of nitrogens with one attached hydrogen (secondary N) is 2. The molecule has 1 aliphatic rings. The molecule has 0 aliphatic carbocycles. The van der Waals surface area contributed by atoms with E-state index in [1.54, 1.807) is 68.8 Å². The van der Waals surface area contributed by atoms with Crippen molar-refractivity contribution in [2.45, 2.75) is 136 Å². The highest BCUT2D eigenvalue weighted by atomic mass is 31.2. The zero-order valence-corrected chi connectivity index (χ0v) is 43.4. The molecule has 5 N–H and O–H groups in total. The molecular weight excluding hydrogens is 922 g/mol. The van der Waals surface area contributed by atoms with E-state index in [2.05, 4.69) is 31.0 Å². The molecule has 0 bridgehead atoms. The van der Waals surface area contributed by atoms with Crippen molar-refractivity contribution in [3.63, 3.8) is 0 Å². The second-order valence-electron chi connectivity index (χ2n) is 19.1. The number of ether oxygens (including phenoxy) is 2. The fourth-order valence-corrected chi connectivity index (χ4v) is 9.78. The van der Waals surface area contributed by atoms with E-state index >= 15 is 0 Å². The highest BCUT2D eigenvalue weighted by Crippen LogP contribution is 2.37. The Labute approximate surface area is 411 Å². The van der Waals surface area contributed by atoms with Gasteiger partial charge >= 0.3 is 7.60 Å². The molecule has 0 radical (unpaired) electrons. The van der Waals surface area contributed by atoms with Crippen LogP contribution in [0.25, 0.3) is 11.4 Å². The third kappa shape index (κ3) is 14.7. The van der Waals surface area contributed by atoms with Gasteiger partial charge < -0.3 is 49.7 Å². The highest BCUT2D eigenvalue weighted by molar-refractivity contribution is 7.50. The minimum Gasteiger partial charge on any atom is -0.386 e. The molecule has 1 aliphatic heterocycles. The van der Waals surface area contributed by atoms with Crippen molar-refractivity contribution in [3.8, 4) is 11.4 Å². The molecule has 0 unspecified atom stereocenters. The fraction of sp³-hybridized carbons (Fsp3) is 0.612. The van der Waals surface area contributed by atoms with Crippen LogP contribution in [0.1, 0.15) is 109 Å². The van der Waals surface area contributed by atoms with Crippen molar-refractivity contribution in [1.82, 2.24) is 45.7 Å². The molecule has 10 atom stereocenters. The molecule has 4 rings (SSSR count). The van der Waals surface area contributed by atoms with Crippen molar-refractivity contribution in [2.75, 3.05) is 34.9 Å². The summed E-state index contributed by atoms with van der Waals surface area (Å²) in [5.41, 5.74) is 1.37. The molecule has 3 aromatic rings. The summed E-state index contributed by atoms with van der Waals surface area (Å²) in [7, 11) is 1.79. The molecule has 0 saturated carbocycles. The molecule has 1 fully saturated rings. The largest absolute Gasteiger partial charge is 0.386 e. The Hall–Kier alpha value is -5.24. The van der Waals surface area contributed by atoms with Crippen molar-refractivity contribution in [3.05, 3.63) is 71.5 Å². The molecule has 1 aromatic heterocycles. The molecule has 386 valence electrons. The van der Waals surface area contributed by atoms with Gasteiger partial charge in [-0.3, -0.25) is 28.5 Å². The predicted molar refractivity (Wildman–Crippen MR) is 261 cm³/mol. The van der Waals surface area contributed by atoms with E-state index in [1.165, 1.54) is 38.3 Å². The molecule has 21 heteroatoms. The maximum atomic E-state index is 14.7. The van der Waals surface area contributed by atoms with E-state index in [-0.39, 0.29) is 59.1 Å². The van der Waals surface area contributed by atoms with Gasteiger partial charge in [0.25, 0.3) is 5.91 Å². The summed E-state index contributed by atoms with van der Waals surface area (Å²) >= 11 is 0. The summed E-state index contributed by atoms with van der Waals surface area (Å²) < 4.78 is 23.3. The zero-order valence-electron chi connectivity index (χ0n) is 42.6. The number of likely N-dealkylation sites (N-methyl/N-ethyl adjacent to an activating group) is 2. The Morgan fingerprint density at radius 3 is 1.97 bits per heavy atom. The Morgan fingerprint density at radius 1 is 0.829 bits per heavy atom. The summed E-state index contributed by atoms with van der Waals surface area (Å²) in [6, 6.07) is 11.7. The number of hydrogen-bond donors (Lipinski definition) is 5. The summed E-state index contributed by atoms with van der Waals surface area (Å²) in [6.07, 6.45) is -1.12. The summed E-state index contributed by atoms with van der Waals surface area (Å²) in [5, 5.41) is 32.1. The van der Waals surface area contributed by atoms with Gasteiger partial charge in [0.05, 0.1) is 48.8 Å². The van der Waals surface area contributed by atoms with Gasteiger partial charge in [-0.25, -0.2) is 0 Å². The van der Waals surface area contributed by atoms with Gasteiger partial charge in [-0.2, -0.15) is 0 Å². The first-order valence-electron chi connectivity index (χ1n) is 23.9. The number of carbonyl (C=O) groups is 5. The minimum absolute atomic E-state index is 0.0641. The van der Waals surface area contributed by atoms with Gasteiger partial charge in [-0.1, -0.05) is 97.4 Å². The van der Waals surface area contributed by atoms with E-state index < -0.39 is 80.0 Å². The van der Waals surface area contributed by atoms with Crippen LogP contribution in [0.5, 0.6) is 0 Å². The third-order valence-electron chi connectivity index (χ3n) is 13.4. The highest BCUT2D eigenvalue weighted by Gasteiger charge is 2.44. The number of likely N-dealkylation sites (tertiary alicyclic amines) is 1. The van der Waals surface area contributed by atoms with E-state index in [0.29, 0.717) is 36.9 Å². The number of aliphatic hydroxyl groups excluding tert-OH is 1. The average Bonchev–Trinajstić information content (AvgIpc) is 3.82. The standard InChI is InChI=1S/C49H74N9O11P/c1-13-30(6)42(37(68-11)26-39(59)58-25-17-20-36(58)44(69-12)31(7)46(61)50-32(8)43(60)33-18-15-14-16-19-33)57(10)49(64)40(28(2)3)51-47(62)41(29(4)5)56(9)48(63)35-23-21-34(22-24-35)45-54-52-38(53-55-45)27-70(65,66)67/h14-16,18-19,21-24,28-32,36-37,40-44,60H,13,17,20,25-27H2,1-12H3,(H,50,61)(H,51,62)(H2,65,66,67)/t30-,31+,32+,36-,37+,40-,41-,42-,43+,44+/m0/s1. The quantitative estimate of drug-likeness (QED) is 0.0794. The summed E-state index contributed by atoms with van der Waals surface area (Å²) in [6.45, 7) is 15.2. The van der Waals surface area contributed by atoms with Gasteiger partial charge in [0.15, 0.2) is 5.82 Å². The number of amides is 5. The smallest absolute Gasteiger partial charge is 0.333 e. The van der Waals surface area contributed by atoms with E-state index in [1.807, 2.05) is 45.9 Å². The summed E-state index contributed by atoms with van der Waals surface area (Å²) in [5.74, 6) is -3.60. The molecule has 1 saturated heterocycles. The first kappa shape index (κ1) is 57.3. The van der Waals surface area contributed by atoms with Crippen molar-refractivity contribution in [2.24, 2.45) is 23.7 Å². The first-order chi connectivity index (χ1) is 32.9. The SMILES string of the molecule is CC[C@H](C)[C@@H]([C@@H](CC(=O)N1CCC[C@H]1[C@H](OC)[C@@H](C)C(=O)N[C@H](C)[C@@H](O)c1ccccc1)OC)N(C)C(=O)[C@@H](NC(=O)[C@H](C(C)C)N(C)C(=O)c1ccc(-c2nnc(CP(=O)(O)O)nn2)cc1)C(C)C. The first-order valence-corrected chi connectivity index (χ1v) is 25.7.